The highest BCUT2D eigenvalue weighted by molar-refractivity contribution is 7.80. The van der Waals surface area contributed by atoms with Crippen LogP contribution in [0.4, 0.5) is 4.79 Å². The van der Waals surface area contributed by atoms with Gasteiger partial charge in [-0.2, -0.15) is 25.3 Å². The molecule has 0 saturated carbocycles. The highest BCUT2D eigenvalue weighted by Gasteiger charge is 2.39. The van der Waals surface area contributed by atoms with Crippen molar-refractivity contribution < 1.29 is 47.9 Å². The quantitative estimate of drug-likeness (QED) is 0.00841. The van der Waals surface area contributed by atoms with Crippen molar-refractivity contribution in [3.8, 4) is 0 Å². The van der Waals surface area contributed by atoms with Crippen molar-refractivity contribution in [2.45, 2.75) is 114 Å². The normalized spacial score (nSPS) is 15.7. The van der Waals surface area contributed by atoms with Crippen molar-refractivity contribution in [2.75, 3.05) is 24.6 Å². The lowest BCUT2D eigenvalue weighted by Gasteiger charge is -2.27. The van der Waals surface area contributed by atoms with Crippen molar-refractivity contribution >= 4 is 101 Å². The summed E-state index contributed by atoms with van der Waals surface area (Å²) < 4.78 is 0. The molecule has 0 spiro atoms. The summed E-state index contributed by atoms with van der Waals surface area (Å²) in [5.41, 5.74) is 19.0. The Hall–Kier alpha value is -8.14. The van der Waals surface area contributed by atoms with Crippen LogP contribution in [0.15, 0.2) is 78.3 Å². The number of rotatable bonds is 31. The number of guanidine groups is 1. The summed E-state index contributed by atoms with van der Waals surface area (Å²) in [6.45, 7) is 2.64. The predicted octanol–water partition coefficient (Wildman–Crippen LogP) is -2.16. The number of thiol groups is 2. The molecule has 16 N–H and O–H groups in total. The first-order valence-corrected chi connectivity index (χ1v) is 26.4. The Labute approximate surface area is 460 Å². The van der Waals surface area contributed by atoms with Crippen molar-refractivity contribution in [1.29, 1.82) is 0 Å². The molecule has 26 nitrogen and oxygen atoms in total. The number of H-pyrrole nitrogens is 2. The maximum Gasteiger partial charge on any atom is 0.325 e. The fourth-order valence-electron chi connectivity index (χ4n) is 8.27. The first kappa shape index (κ1) is 60.7. The fourth-order valence-corrected chi connectivity index (χ4v) is 8.80. The van der Waals surface area contributed by atoms with Crippen LogP contribution in [-0.4, -0.2) is 158 Å². The van der Waals surface area contributed by atoms with Gasteiger partial charge in [0.1, 0.15) is 54.9 Å². The molecule has 11 amide bonds. The number of aromatic amines is 2. The lowest BCUT2D eigenvalue weighted by atomic mass is 10.0. The fraction of sp³-hybridized carbons (Fsp3) is 0.440. The number of hydrogen-bond acceptors (Lipinski definition) is 14. The Balaban J connectivity index is 1.34. The van der Waals surface area contributed by atoms with Crippen LogP contribution in [0.2, 0.25) is 0 Å². The Morgan fingerprint density at radius 1 is 0.692 bits per heavy atom. The zero-order valence-electron chi connectivity index (χ0n) is 43.1. The topological polar surface area (TPSA) is 405 Å². The second kappa shape index (κ2) is 30.0. The number of imide groups is 1. The van der Waals surface area contributed by atoms with Crippen LogP contribution < -0.4 is 59.7 Å². The number of nitrogens with two attached hydrogens (primary N) is 3. The molecule has 0 unspecified atom stereocenters. The molecule has 1 aliphatic heterocycles. The highest BCUT2D eigenvalue weighted by atomic mass is 32.1. The van der Waals surface area contributed by atoms with Gasteiger partial charge < -0.3 is 69.7 Å². The molecule has 1 saturated heterocycles. The number of benzene rings is 2. The third-order valence-electron chi connectivity index (χ3n) is 12.5. The van der Waals surface area contributed by atoms with E-state index in [9.17, 15) is 47.9 Å². The van der Waals surface area contributed by atoms with Crippen molar-refractivity contribution in [1.82, 2.24) is 62.4 Å². The van der Waals surface area contributed by atoms with Gasteiger partial charge in [0, 0.05) is 66.3 Å². The molecular formula is C50H68N16O10S2. The van der Waals surface area contributed by atoms with E-state index in [-0.39, 0.29) is 56.1 Å². The van der Waals surface area contributed by atoms with Crippen molar-refractivity contribution in [3.63, 3.8) is 0 Å². The van der Waals surface area contributed by atoms with Crippen LogP contribution in [0, 0.1) is 0 Å². The summed E-state index contributed by atoms with van der Waals surface area (Å²) in [4.78, 5) is 150. The first-order chi connectivity index (χ1) is 37.3. The third kappa shape index (κ3) is 18.0. The molecule has 0 radical (unpaired) electrons. The van der Waals surface area contributed by atoms with Gasteiger partial charge in [-0.05, 0) is 43.4 Å². The molecule has 0 aliphatic carbocycles. The summed E-state index contributed by atoms with van der Waals surface area (Å²) in [5, 5.41) is 21.6. The monoisotopic (exact) mass is 1120 g/mol. The molecule has 4 aromatic rings. The van der Waals surface area contributed by atoms with Gasteiger partial charge in [-0.25, -0.2) is 9.78 Å². The van der Waals surface area contributed by atoms with E-state index in [2.05, 4.69) is 87.7 Å². The van der Waals surface area contributed by atoms with Crippen LogP contribution in [0.3, 0.4) is 0 Å². The molecule has 8 atom stereocenters. The van der Waals surface area contributed by atoms with E-state index < -0.39 is 114 Å². The maximum absolute atomic E-state index is 14.6. The Bertz CT molecular complexity index is 2780. The number of unbranched alkanes of at least 4 members (excludes halogenated alkanes) is 1. The number of carbonyl (C=O) groups excluding carboxylic acids is 10. The van der Waals surface area contributed by atoms with Gasteiger partial charge in [-0.1, -0.05) is 68.3 Å². The minimum atomic E-state index is -1.42. The minimum absolute atomic E-state index is 0.0477. The number of fused-ring (bicyclic) bond motifs is 1. The van der Waals surface area contributed by atoms with Crippen molar-refractivity contribution in [3.05, 3.63) is 90.1 Å². The molecule has 28 heteroatoms. The largest absolute Gasteiger partial charge is 0.370 e. The SMILES string of the molecule is CCCC[C@@H]1NC(=O)N(CC(=O)N[C@@H](CS)C(=O)N[C@H](C)C(=O)N[C@@H](Cc2cnc[nH]2)C(=O)N[C@H](Cc2ccccc2)C(=O)N[C@@H](CCCN=C(N)N)C(=O)N[C@@H](Cc2c[nH]c3ccccc23)C(=O)N[C@@H](CS)C(N)=O)C1=O. The standard InChI is InChI=1S/C50H68N16O10S2/c1-3-4-14-34-48(75)66(50(76)65-34)23-40(67)59-39(25-78)47(74)58-27(2)42(69)61-37(20-30-22-54-26-57-30)46(73)62-35(18-28-11-6-5-7-12-28)44(71)60-33(16-10-17-55-49(52)53)43(70)63-36(45(72)64-38(24-77)41(51)68)19-29-21-56-32-15-9-8-13-31(29)32/h5-9,11-13,15,21-22,26-27,33-39,56,77-78H,3-4,10,14,16-20,23-25H2,1-2H3,(H2,51,68)(H,54,57)(H,58,74)(H,59,67)(H,60,71)(H,61,69)(H,62,73)(H,63,70)(H,64,72)(H,65,76)(H4,52,53,55)/t27-,33+,34+,35-,36+,37+,38+,39+/m1/s1. The number of amides is 11. The van der Waals surface area contributed by atoms with E-state index in [1.165, 1.54) is 19.4 Å². The number of para-hydroxylation sites is 1. The zero-order chi connectivity index (χ0) is 56.9. The average molecular weight is 1120 g/mol. The van der Waals surface area contributed by atoms with Gasteiger partial charge in [0.2, 0.25) is 47.3 Å². The number of nitrogens with one attached hydrogen (secondary N) is 10. The maximum atomic E-state index is 14.6. The second-order valence-electron chi connectivity index (χ2n) is 18.5. The number of primary amides is 1. The van der Waals surface area contributed by atoms with E-state index in [4.69, 9.17) is 17.2 Å². The molecule has 0 bridgehead atoms. The van der Waals surface area contributed by atoms with E-state index in [1.807, 2.05) is 25.1 Å². The minimum Gasteiger partial charge on any atom is -0.370 e. The van der Waals surface area contributed by atoms with Gasteiger partial charge in [-0.15, -0.1) is 0 Å². The molecule has 420 valence electrons. The van der Waals surface area contributed by atoms with Crippen LogP contribution in [0.5, 0.6) is 0 Å². The highest BCUT2D eigenvalue weighted by Crippen LogP contribution is 2.20. The summed E-state index contributed by atoms with van der Waals surface area (Å²) in [6.07, 6.45) is 6.04. The Kier molecular flexibility index (Phi) is 23.3. The van der Waals surface area contributed by atoms with Crippen LogP contribution in [0.25, 0.3) is 10.9 Å². The zero-order valence-corrected chi connectivity index (χ0v) is 44.9. The van der Waals surface area contributed by atoms with E-state index in [0.717, 1.165) is 22.2 Å². The van der Waals surface area contributed by atoms with Gasteiger partial charge in [0.25, 0.3) is 5.91 Å². The number of hydrogen-bond donors (Lipinski definition) is 15. The molecule has 78 heavy (non-hydrogen) atoms. The lowest BCUT2D eigenvalue weighted by molar-refractivity contribution is -0.135. The molecular weight excluding hydrogens is 1050 g/mol. The molecule has 2 aromatic heterocycles. The summed E-state index contributed by atoms with van der Waals surface area (Å²) in [7, 11) is 0. The average Bonchev–Trinajstić information content (AvgIpc) is 4.17. The van der Waals surface area contributed by atoms with Gasteiger partial charge in [0.05, 0.1) is 6.33 Å². The van der Waals surface area contributed by atoms with Gasteiger partial charge in [-0.3, -0.25) is 53.0 Å². The van der Waals surface area contributed by atoms with Crippen LogP contribution >= 0.6 is 25.3 Å². The molecule has 1 aliphatic rings. The first-order valence-electron chi connectivity index (χ1n) is 25.2. The summed E-state index contributed by atoms with van der Waals surface area (Å²) in [5.74, 6) is -7.83. The smallest absolute Gasteiger partial charge is 0.325 e. The number of nitrogens with zero attached hydrogens (tertiary/aromatic N) is 3. The van der Waals surface area contributed by atoms with Crippen molar-refractivity contribution in [2.24, 2.45) is 22.2 Å². The van der Waals surface area contributed by atoms with Crippen LogP contribution in [-0.2, 0) is 62.4 Å². The molecule has 1 fully saturated rings. The number of urea groups is 1. The summed E-state index contributed by atoms with van der Waals surface area (Å²) >= 11 is 8.33. The van der Waals surface area contributed by atoms with E-state index in [0.29, 0.717) is 29.7 Å². The lowest BCUT2D eigenvalue weighted by Crippen LogP contribution is -2.60. The van der Waals surface area contributed by atoms with Gasteiger partial charge >= 0.3 is 6.03 Å². The summed E-state index contributed by atoms with van der Waals surface area (Å²) in [6, 6.07) is 5.03. The second-order valence-corrected chi connectivity index (χ2v) is 19.2. The van der Waals surface area contributed by atoms with E-state index in [1.54, 1.807) is 42.6 Å². The number of imidazole rings is 1. The molecule has 5 rings (SSSR count). The Morgan fingerprint density at radius 3 is 1.91 bits per heavy atom. The third-order valence-corrected chi connectivity index (χ3v) is 13.3. The number of aromatic nitrogens is 3. The molecule has 3 heterocycles. The Morgan fingerprint density at radius 2 is 1.28 bits per heavy atom. The van der Waals surface area contributed by atoms with Crippen LogP contribution in [0.1, 0.15) is 62.8 Å². The van der Waals surface area contributed by atoms with Gasteiger partial charge in [0.15, 0.2) is 5.96 Å². The molecule has 2 aromatic carbocycles. The predicted molar refractivity (Wildman–Crippen MR) is 294 cm³/mol. The number of aliphatic imine (C=N–C) groups is 1. The van der Waals surface area contributed by atoms with E-state index >= 15 is 0 Å². The number of carbonyl (C=O) groups is 10.